The van der Waals surface area contributed by atoms with Crippen LogP contribution in [0.25, 0.3) is 5.70 Å². The molecule has 0 saturated carbocycles. The van der Waals surface area contributed by atoms with E-state index in [-0.39, 0.29) is 17.9 Å². The zero-order valence-corrected chi connectivity index (χ0v) is 24.1. The second kappa shape index (κ2) is 12.2. The molecule has 1 saturated heterocycles. The van der Waals surface area contributed by atoms with Crippen LogP contribution in [0.3, 0.4) is 0 Å². The molecule has 0 radical (unpaired) electrons. The summed E-state index contributed by atoms with van der Waals surface area (Å²) in [5.41, 5.74) is 2.62. The summed E-state index contributed by atoms with van der Waals surface area (Å²) in [7, 11) is -1.63. The first-order valence-electron chi connectivity index (χ1n) is 13.1. The first-order chi connectivity index (χ1) is 18.8. The lowest BCUT2D eigenvalue weighted by atomic mass is 9.81. The Balaban J connectivity index is 1.56. The zero-order valence-electron chi connectivity index (χ0n) is 21.8. The maximum atomic E-state index is 13.9. The number of benzene rings is 2. The van der Waals surface area contributed by atoms with Crippen LogP contribution in [0.2, 0.25) is 5.02 Å². The number of thiophene rings is 1. The van der Waals surface area contributed by atoms with E-state index < -0.39 is 27.0 Å². The molecule has 3 heterocycles. The largest absolute Gasteiger partial charge is 0.461 e. The Morgan fingerprint density at radius 3 is 2.59 bits per heavy atom. The molecule has 2 aliphatic rings. The Hall–Kier alpha value is -2.78. The number of fused-ring (bicyclic) bond motifs is 1. The average molecular weight is 583 g/mol. The fourth-order valence-electron chi connectivity index (χ4n) is 5.31. The Morgan fingerprint density at radius 2 is 1.85 bits per heavy atom. The molecule has 0 aliphatic carbocycles. The van der Waals surface area contributed by atoms with Gasteiger partial charge >= 0.3 is 5.97 Å². The number of ether oxygens (including phenoxy) is 1. The van der Waals surface area contributed by atoms with Crippen molar-refractivity contribution in [1.82, 2.24) is 4.90 Å². The number of likely N-dealkylation sites (N-methyl/N-ethyl adjacent to an activating group) is 1. The van der Waals surface area contributed by atoms with E-state index in [0.717, 1.165) is 18.5 Å². The highest BCUT2D eigenvalue weighted by Crippen LogP contribution is 2.45. The molecule has 9 heteroatoms. The summed E-state index contributed by atoms with van der Waals surface area (Å²) in [5.74, 6) is -1.33. The van der Waals surface area contributed by atoms with Gasteiger partial charge in [-0.1, -0.05) is 66.2 Å². The maximum absolute atomic E-state index is 13.9. The molecule has 0 amide bonds. The summed E-state index contributed by atoms with van der Waals surface area (Å²) in [6.07, 6.45) is 1.84. The van der Waals surface area contributed by atoms with Gasteiger partial charge in [-0.25, -0.2) is 13.2 Å². The lowest BCUT2D eigenvalue weighted by Gasteiger charge is -2.34. The van der Waals surface area contributed by atoms with Gasteiger partial charge in [0.1, 0.15) is 11.9 Å². The van der Waals surface area contributed by atoms with Crippen LogP contribution in [-0.2, 0) is 25.9 Å². The fraction of sp³-hybridized carbons (Fsp3) is 0.333. The fourth-order valence-corrected chi connectivity index (χ4v) is 8.49. The van der Waals surface area contributed by atoms with Crippen molar-refractivity contribution < 1.29 is 17.9 Å². The summed E-state index contributed by atoms with van der Waals surface area (Å²) in [5, 5.41) is 1.49. The number of sulfone groups is 1. The van der Waals surface area contributed by atoms with Crippen LogP contribution >= 0.6 is 22.9 Å². The highest BCUT2D eigenvalue weighted by atomic mass is 35.5. The number of hydrogen-bond donors (Lipinski definition) is 0. The number of carbonyl (C=O) groups excluding carboxylic acids is 1. The van der Waals surface area contributed by atoms with E-state index >= 15 is 0 Å². The summed E-state index contributed by atoms with van der Waals surface area (Å²) >= 11 is 8.37. The van der Waals surface area contributed by atoms with E-state index in [4.69, 9.17) is 21.3 Å². The van der Waals surface area contributed by atoms with Crippen LogP contribution in [0.1, 0.15) is 41.2 Å². The molecule has 2 atom stereocenters. The molecule has 2 aromatic carbocycles. The van der Waals surface area contributed by atoms with Gasteiger partial charge in [-0.15, -0.1) is 11.3 Å². The number of halogens is 1. The third kappa shape index (κ3) is 6.19. The van der Waals surface area contributed by atoms with Gasteiger partial charge in [0.25, 0.3) is 0 Å². The molecule has 6 nitrogen and oxygen atoms in total. The van der Waals surface area contributed by atoms with Crippen LogP contribution in [-0.4, -0.2) is 56.2 Å². The Morgan fingerprint density at radius 1 is 1.08 bits per heavy atom. The van der Waals surface area contributed by atoms with Crippen LogP contribution in [0.5, 0.6) is 0 Å². The first kappa shape index (κ1) is 27.8. The molecule has 2 unspecified atom stereocenters. The minimum Gasteiger partial charge on any atom is -0.461 e. The highest BCUT2D eigenvalue weighted by molar-refractivity contribution is 7.92. The predicted molar refractivity (Wildman–Crippen MR) is 158 cm³/mol. The van der Waals surface area contributed by atoms with Crippen molar-refractivity contribution in [3.63, 3.8) is 0 Å². The molecular weight excluding hydrogens is 552 g/mol. The molecule has 2 aliphatic heterocycles. The zero-order chi connectivity index (χ0) is 27.4. The highest BCUT2D eigenvalue weighted by Gasteiger charge is 2.47. The number of hydrogen-bond acceptors (Lipinski definition) is 7. The Kier molecular flexibility index (Phi) is 8.67. The molecular formula is C30H31ClN2O4S2. The molecule has 1 fully saturated rings. The SMILES string of the molecule is CN(CCOC(=O)C1=C(c2ccccc2)N=C2CCCCS(=O)(=O)C2C1c1ccccc1Cl)Cc1cccs1. The molecule has 0 spiro atoms. The molecule has 204 valence electrons. The normalized spacial score (nSPS) is 20.7. The number of carbonyl (C=O) groups is 1. The Labute approximate surface area is 238 Å². The van der Waals surface area contributed by atoms with Crippen LogP contribution in [0.4, 0.5) is 0 Å². The third-order valence-corrected chi connectivity index (χ3v) is 10.6. The van der Waals surface area contributed by atoms with Crippen molar-refractivity contribution in [3.8, 4) is 0 Å². The minimum atomic E-state index is -3.61. The summed E-state index contributed by atoms with van der Waals surface area (Å²) in [6.45, 7) is 1.45. The van der Waals surface area contributed by atoms with Crippen molar-refractivity contribution in [2.45, 2.75) is 37.0 Å². The van der Waals surface area contributed by atoms with Crippen molar-refractivity contribution in [3.05, 3.63) is 98.7 Å². The summed E-state index contributed by atoms with van der Waals surface area (Å²) < 4.78 is 33.2. The quantitative estimate of drug-likeness (QED) is 0.305. The molecule has 0 bridgehead atoms. The van der Waals surface area contributed by atoms with Gasteiger partial charge in [-0.3, -0.25) is 9.89 Å². The van der Waals surface area contributed by atoms with E-state index in [1.54, 1.807) is 29.5 Å². The second-order valence-corrected chi connectivity index (χ2v) is 13.6. The molecule has 39 heavy (non-hydrogen) atoms. The van der Waals surface area contributed by atoms with Gasteiger partial charge in [0.05, 0.1) is 17.0 Å². The van der Waals surface area contributed by atoms with Gasteiger partial charge < -0.3 is 4.74 Å². The monoisotopic (exact) mass is 582 g/mol. The Bertz CT molecular complexity index is 1480. The minimum absolute atomic E-state index is 0.0498. The molecule has 1 aromatic heterocycles. The molecule has 5 rings (SSSR count). The predicted octanol–water partition coefficient (Wildman–Crippen LogP) is 5.99. The lowest BCUT2D eigenvalue weighted by Crippen LogP contribution is -2.41. The van der Waals surface area contributed by atoms with Gasteiger partial charge in [0.2, 0.25) is 0 Å². The van der Waals surface area contributed by atoms with Crippen LogP contribution in [0.15, 0.2) is 82.7 Å². The van der Waals surface area contributed by atoms with E-state index in [0.29, 0.717) is 41.4 Å². The molecule has 3 aromatic rings. The topological polar surface area (TPSA) is 76.0 Å². The van der Waals surface area contributed by atoms with Crippen molar-refractivity contribution in [2.75, 3.05) is 26.0 Å². The first-order valence-corrected chi connectivity index (χ1v) is 16.0. The van der Waals surface area contributed by atoms with E-state index in [2.05, 4.69) is 11.0 Å². The van der Waals surface area contributed by atoms with Crippen molar-refractivity contribution in [1.29, 1.82) is 0 Å². The third-order valence-electron chi connectivity index (χ3n) is 7.17. The lowest BCUT2D eigenvalue weighted by molar-refractivity contribution is -0.139. The standard InChI is InChI=1S/C30H31ClN2O4S2/c1-33(20-22-12-9-18-38-22)16-17-37-30(34)27-26(23-13-5-6-14-24(23)31)29-25(15-7-8-19-39(29,35)36)32-28(27)21-10-3-2-4-11-21/h2-6,9-14,18,26,29H,7-8,15-17,19-20H2,1H3. The maximum Gasteiger partial charge on any atom is 0.336 e. The summed E-state index contributed by atoms with van der Waals surface area (Å²) in [6, 6.07) is 20.7. The average Bonchev–Trinajstić information content (AvgIpc) is 3.38. The smallest absolute Gasteiger partial charge is 0.336 e. The van der Waals surface area contributed by atoms with Gasteiger partial charge in [0.15, 0.2) is 9.84 Å². The van der Waals surface area contributed by atoms with Gasteiger partial charge in [-0.05, 0) is 49.4 Å². The van der Waals surface area contributed by atoms with Crippen molar-refractivity contribution >= 4 is 50.2 Å². The number of nitrogens with zero attached hydrogens (tertiary/aromatic N) is 2. The second-order valence-electron chi connectivity index (χ2n) is 9.93. The summed E-state index contributed by atoms with van der Waals surface area (Å²) in [4.78, 5) is 22.2. The number of aliphatic imine (C=N–C) groups is 1. The van der Waals surface area contributed by atoms with E-state index in [9.17, 15) is 13.2 Å². The number of esters is 1. The van der Waals surface area contributed by atoms with Crippen LogP contribution in [0, 0.1) is 0 Å². The van der Waals surface area contributed by atoms with E-state index in [1.807, 2.05) is 54.9 Å². The van der Waals surface area contributed by atoms with Crippen molar-refractivity contribution in [2.24, 2.45) is 4.99 Å². The number of rotatable bonds is 8. The van der Waals surface area contributed by atoms with Gasteiger partial charge in [-0.2, -0.15) is 0 Å². The van der Waals surface area contributed by atoms with Gasteiger partial charge in [0, 0.05) is 40.2 Å². The molecule has 0 N–H and O–H groups in total. The van der Waals surface area contributed by atoms with E-state index in [1.165, 1.54) is 4.88 Å². The van der Waals surface area contributed by atoms with Crippen LogP contribution < -0.4 is 0 Å².